The van der Waals surface area contributed by atoms with E-state index < -0.39 is 5.97 Å². The lowest BCUT2D eigenvalue weighted by Crippen LogP contribution is -2.07. The maximum atomic E-state index is 10.4. The van der Waals surface area contributed by atoms with Crippen molar-refractivity contribution in [1.82, 2.24) is 0 Å². The van der Waals surface area contributed by atoms with Gasteiger partial charge in [0, 0.05) is 0 Å². The van der Waals surface area contributed by atoms with Crippen LogP contribution in [0.25, 0.3) is 0 Å². The Bertz CT molecular complexity index is 161. The molecule has 2 atom stereocenters. The number of hydrogen-bond donors (Lipinski definition) is 1. The van der Waals surface area contributed by atoms with E-state index in [4.69, 9.17) is 5.11 Å². The molecule has 0 radical (unpaired) electrons. The summed E-state index contributed by atoms with van der Waals surface area (Å²) in [6.45, 7) is 5.97. The summed E-state index contributed by atoms with van der Waals surface area (Å²) in [5.41, 5.74) is 0. The Kier molecular flexibility index (Phi) is 5.43. The highest BCUT2D eigenvalue weighted by Gasteiger charge is 2.07. The summed E-state index contributed by atoms with van der Waals surface area (Å²) in [7, 11) is 0. The van der Waals surface area contributed by atoms with Gasteiger partial charge in [0.1, 0.15) is 0 Å². The zero-order valence-corrected chi connectivity index (χ0v) is 8.08. The van der Waals surface area contributed by atoms with Crippen molar-refractivity contribution in [2.75, 3.05) is 0 Å². The first-order valence-electron chi connectivity index (χ1n) is 4.47. The maximum absolute atomic E-state index is 10.4. The van der Waals surface area contributed by atoms with Crippen LogP contribution in [0.3, 0.4) is 0 Å². The van der Waals surface area contributed by atoms with E-state index in [1.54, 1.807) is 6.92 Å². The summed E-state index contributed by atoms with van der Waals surface area (Å²) in [6.07, 6.45) is 5.80. The van der Waals surface area contributed by atoms with Crippen LogP contribution in [0, 0.1) is 11.8 Å². The molecule has 0 aliphatic rings. The smallest absolute Gasteiger partial charge is 0.306 e. The second kappa shape index (κ2) is 5.81. The number of carboxylic acids is 1. The summed E-state index contributed by atoms with van der Waals surface area (Å²) in [4.78, 5) is 10.4. The molecule has 0 spiro atoms. The SMILES string of the molecule is CCC(C)/C=C/CC(C)C(=O)O. The minimum Gasteiger partial charge on any atom is -0.481 e. The third-order valence-corrected chi connectivity index (χ3v) is 2.02. The molecule has 0 fully saturated rings. The number of hydrogen-bond acceptors (Lipinski definition) is 1. The minimum atomic E-state index is -0.719. The molecule has 0 aromatic carbocycles. The Labute approximate surface area is 74.3 Å². The highest BCUT2D eigenvalue weighted by molar-refractivity contribution is 5.69. The van der Waals surface area contributed by atoms with Crippen molar-refractivity contribution in [2.24, 2.45) is 11.8 Å². The topological polar surface area (TPSA) is 37.3 Å². The van der Waals surface area contributed by atoms with Gasteiger partial charge in [0.05, 0.1) is 5.92 Å². The molecule has 2 nitrogen and oxygen atoms in total. The van der Waals surface area contributed by atoms with Crippen LogP contribution in [0.4, 0.5) is 0 Å². The fourth-order valence-corrected chi connectivity index (χ4v) is 0.752. The molecular formula is C10H18O2. The van der Waals surface area contributed by atoms with Crippen LogP contribution in [0.1, 0.15) is 33.6 Å². The van der Waals surface area contributed by atoms with E-state index >= 15 is 0 Å². The average Bonchev–Trinajstić information content (AvgIpc) is 2.03. The molecule has 0 aliphatic carbocycles. The molecule has 0 aromatic rings. The van der Waals surface area contributed by atoms with Gasteiger partial charge in [-0.15, -0.1) is 0 Å². The number of carboxylic acid groups (broad SMARTS) is 1. The van der Waals surface area contributed by atoms with E-state index in [1.165, 1.54) is 0 Å². The molecule has 0 bridgehead atoms. The fraction of sp³-hybridized carbons (Fsp3) is 0.700. The zero-order chi connectivity index (χ0) is 9.56. The Morgan fingerprint density at radius 3 is 2.50 bits per heavy atom. The van der Waals surface area contributed by atoms with Crippen molar-refractivity contribution >= 4 is 5.97 Å². The van der Waals surface area contributed by atoms with E-state index in [0.717, 1.165) is 6.42 Å². The lowest BCUT2D eigenvalue weighted by atomic mass is 10.0. The number of allylic oxidation sites excluding steroid dienone is 2. The second-order valence-corrected chi connectivity index (χ2v) is 3.29. The zero-order valence-electron chi connectivity index (χ0n) is 8.08. The Morgan fingerprint density at radius 2 is 2.08 bits per heavy atom. The van der Waals surface area contributed by atoms with Crippen LogP contribution in [0.15, 0.2) is 12.2 Å². The van der Waals surface area contributed by atoms with Gasteiger partial charge in [-0.25, -0.2) is 0 Å². The molecule has 0 rings (SSSR count). The van der Waals surface area contributed by atoms with Gasteiger partial charge in [-0.1, -0.05) is 39.3 Å². The summed E-state index contributed by atoms with van der Waals surface area (Å²) in [5.74, 6) is -0.417. The van der Waals surface area contributed by atoms with Gasteiger partial charge in [-0.3, -0.25) is 4.79 Å². The summed E-state index contributed by atoms with van der Waals surface area (Å²) < 4.78 is 0. The van der Waals surface area contributed by atoms with Gasteiger partial charge < -0.3 is 5.11 Å². The molecule has 0 saturated heterocycles. The molecule has 1 N–H and O–H groups in total. The quantitative estimate of drug-likeness (QED) is 0.644. The Morgan fingerprint density at radius 1 is 1.50 bits per heavy atom. The molecule has 2 unspecified atom stereocenters. The lowest BCUT2D eigenvalue weighted by molar-refractivity contribution is -0.140. The monoisotopic (exact) mass is 170 g/mol. The van der Waals surface area contributed by atoms with Crippen molar-refractivity contribution in [2.45, 2.75) is 33.6 Å². The first-order valence-corrected chi connectivity index (χ1v) is 4.47. The number of aliphatic carboxylic acids is 1. The highest BCUT2D eigenvalue weighted by atomic mass is 16.4. The highest BCUT2D eigenvalue weighted by Crippen LogP contribution is 2.07. The third kappa shape index (κ3) is 4.94. The van der Waals surface area contributed by atoms with Gasteiger partial charge in [0.2, 0.25) is 0 Å². The van der Waals surface area contributed by atoms with Crippen molar-refractivity contribution in [1.29, 1.82) is 0 Å². The number of carbonyl (C=O) groups is 1. The molecule has 0 heterocycles. The Balaban J connectivity index is 3.67. The van der Waals surface area contributed by atoms with Gasteiger partial charge in [0.25, 0.3) is 0 Å². The van der Waals surface area contributed by atoms with Crippen LogP contribution < -0.4 is 0 Å². The van der Waals surface area contributed by atoms with Crippen LogP contribution in [0.5, 0.6) is 0 Å². The second-order valence-electron chi connectivity index (χ2n) is 3.29. The van der Waals surface area contributed by atoms with Crippen LogP contribution in [-0.2, 0) is 4.79 Å². The standard InChI is InChI=1S/C10H18O2/c1-4-8(2)6-5-7-9(3)10(11)12/h5-6,8-9H,4,7H2,1-3H3,(H,11,12)/b6-5+. The predicted molar refractivity (Wildman–Crippen MR) is 50.0 cm³/mol. The molecule has 0 aromatic heterocycles. The number of rotatable bonds is 5. The third-order valence-electron chi connectivity index (χ3n) is 2.02. The lowest BCUT2D eigenvalue weighted by Gasteiger charge is -2.02. The van der Waals surface area contributed by atoms with Gasteiger partial charge >= 0.3 is 5.97 Å². The predicted octanol–water partition coefficient (Wildman–Crippen LogP) is 2.70. The molecule has 0 saturated carbocycles. The first kappa shape index (κ1) is 11.2. The summed E-state index contributed by atoms with van der Waals surface area (Å²) >= 11 is 0. The Hall–Kier alpha value is -0.790. The van der Waals surface area contributed by atoms with E-state index in [-0.39, 0.29) is 5.92 Å². The normalized spacial score (nSPS) is 16.2. The van der Waals surface area contributed by atoms with E-state index in [1.807, 2.05) is 6.08 Å². The van der Waals surface area contributed by atoms with Crippen LogP contribution in [-0.4, -0.2) is 11.1 Å². The van der Waals surface area contributed by atoms with Crippen molar-refractivity contribution < 1.29 is 9.90 Å². The van der Waals surface area contributed by atoms with Crippen LogP contribution in [0.2, 0.25) is 0 Å². The van der Waals surface area contributed by atoms with Crippen molar-refractivity contribution in [3.63, 3.8) is 0 Å². The fourth-order valence-electron chi connectivity index (χ4n) is 0.752. The molecule has 0 aliphatic heterocycles. The van der Waals surface area contributed by atoms with Gasteiger partial charge in [-0.05, 0) is 12.3 Å². The molecule has 70 valence electrons. The molecule has 2 heteroatoms. The summed E-state index contributed by atoms with van der Waals surface area (Å²) in [6, 6.07) is 0. The van der Waals surface area contributed by atoms with E-state index in [9.17, 15) is 4.79 Å². The van der Waals surface area contributed by atoms with Gasteiger partial charge in [-0.2, -0.15) is 0 Å². The van der Waals surface area contributed by atoms with E-state index in [2.05, 4.69) is 19.9 Å². The van der Waals surface area contributed by atoms with Crippen LogP contribution >= 0.6 is 0 Å². The molecule has 0 amide bonds. The first-order chi connectivity index (χ1) is 5.57. The van der Waals surface area contributed by atoms with Gasteiger partial charge in [0.15, 0.2) is 0 Å². The minimum absolute atomic E-state index is 0.259. The average molecular weight is 170 g/mol. The maximum Gasteiger partial charge on any atom is 0.306 e. The largest absolute Gasteiger partial charge is 0.481 e. The molecular weight excluding hydrogens is 152 g/mol. The molecule has 12 heavy (non-hydrogen) atoms. The van der Waals surface area contributed by atoms with Crippen molar-refractivity contribution in [3.05, 3.63) is 12.2 Å². The summed E-state index contributed by atoms with van der Waals surface area (Å²) in [5, 5.41) is 8.57. The van der Waals surface area contributed by atoms with Crippen molar-refractivity contribution in [3.8, 4) is 0 Å². The van der Waals surface area contributed by atoms with E-state index in [0.29, 0.717) is 12.3 Å².